The third kappa shape index (κ3) is 4.09. The van der Waals surface area contributed by atoms with Gasteiger partial charge in [0.15, 0.2) is 0 Å². The summed E-state index contributed by atoms with van der Waals surface area (Å²) in [5.41, 5.74) is 2.26. The topological polar surface area (TPSA) is 64.5 Å². The molecule has 0 saturated carbocycles. The highest BCUT2D eigenvalue weighted by atomic mass is 35.5. The largest absolute Gasteiger partial charge is 0.481 e. The highest BCUT2D eigenvalue weighted by Gasteiger charge is 2.19. The molecule has 6 nitrogen and oxygen atoms in total. The van der Waals surface area contributed by atoms with E-state index in [1.54, 1.807) is 36.2 Å². The minimum absolute atomic E-state index is 0.0507. The summed E-state index contributed by atoms with van der Waals surface area (Å²) in [6, 6.07) is 9.41. The smallest absolute Gasteiger partial charge is 0.325 e. The zero-order chi connectivity index (χ0) is 19.4. The Balaban J connectivity index is 2.16. The Morgan fingerprint density at radius 3 is 2.78 bits per heavy atom. The highest BCUT2D eigenvalue weighted by Crippen LogP contribution is 2.33. The Hall–Kier alpha value is -2.93. The van der Waals surface area contributed by atoms with Gasteiger partial charge >= 0.3 is 5.97 Å². The number of rotatable bonds is 6. The van der Waals surface area contributed by atoms with Gasteiger partial charge in [-0.25, -0.2) is 9.37 Å². The second-order valence-electron chi connectivity index (χ2n) is 5.54. The average molecular weight is 390 g/mol. The van der Waals surface area contributed by atoms with Gasteiger partial charge in [-0.05, 0) is 37.3 Å². The van der Waals surface area contributed by atoms with E-state index in [-0.39, 0.29) is 18.2 Å². The summed E-state index contributed by atoms with van der Waals surface area (Å²) in [5, 5.41) is -0.0507. The molecule has 0 fully saturated rings. The van der Waals surface area contributed by atoms with Crippen molar-refractivity contribution in [2.75, 3.05) is 25.2 Å². The Morgan fingerprint density at radius 1 is 1.26 bits per heavy atom. The van der Waals surface area contributed by atoms with E-state index in [0.717, 1.165) is 0 Å². The van der Waals surface area contributed by atoms with E-state index < -0.39 is 11.8 Å². The maximum absolute atomic E-state index is 13.6. The fourth-order valence-corrected chi connectivity index (χ4v) is 2.80. The van der Waals surface area contributed by atoms with Crippen LogP contribution >= 0.6 is 11.6 Å². The molecular weight excluding hydrogens is 373 g/mol. The predicted molar refractivity (Wildman–Crippen MR) is 101 cm³/mol. The molecule has 3 aromatic rings. The van der Waals surface area contributed by atoms with Crippen molar-refractivity contribution in [2.24, 2.45) is 0 Å². The molecule has 2 aromatic heterocycles. The van der Waals surface area contributed by atoms with Gasteiger partial charge in [0.1, 0.15) is 17.9 Å². The molecule has 2 heterocycles. The number of anilines is 2. The van der Waals surface area contributed by atoms with Crippen molar-refractivity contribution in [2.45, 2.75) is 6.92 Å². The van der Waals surface area contributed by atoms with Gasteiger partial charge in [0.2, 0.25) is 5.88 Å². The number of hydrogen-bond donors (Lipinski definition) is 0. The van der Waals surface area contributed by atoms with E-state index in [2.05, 4.69) is 9.97 Å². The number of benzene rings is 1. The first kappa shape index (κ1) is 18.8. The number of aromatic nitrogens is 2. The molecule has 0 aliphatic carbocycles. The summed E-state index contributed by atoms with van der Waals surface area (Å²) in [4.78, 5) is 22.6. The molecule has 0 radical (unpaired) electrons. The number of methoxy groups -OCH3 is 1. The number of carbonyl (C=O) groups is 1. The van der Waals surface area contributed by atoms with E-state index >= 15 is 0 Å². The van der Waals surface area contributed by atoms with E-state index in [1.807, 2.05) is 0 Å². The van der Waals surface area contributed by atoms with Crippen molar-refractivity contribution in [1.82, 2.24) is 9.97 Å². The van der Waals surface area contributed by atoms with Crippen LogP contribution in [0.5, 0.6) is 5.88 Å². The number of pyridine rings is 2. The number of ether oxygens (including phenoxy) is 2. The average Bonchev–Trinajstić information content (AvgIpc) is 2.68. The molecule has 0 atom stereocenters. The van der Waals surface area contributed by atoms with Gasteiger partial charge in [-0.15, -0.1) is 0 Å². The number of halogens is 2. The van der Waals surface area contributed by atoms with Crippen LogP contribution in [0.3, 0.4) is 0 Å². The van der Waals surface area contributed by atoms with Crippen molar-refractivity contribution < 1.29 is 18.7 Å². The quantitative estimate of drug-likeness (QED) is 0.590. The van der Waals surface area contributed by atoms with E-state index in [1.165, 1.54) is 25.3 Å². The molecule has 27 heavy (non-hydrogen) atoms. The van der Waals surface area contributed by atoms with Gasteiger partial charge < -0.3 is 14.4 Å². The first-order valence-corrected chi connectivity index (χ1v) is 8.59. The molecule has 8 heteroatoms. The Bertz CT molecular complexity index is 984. The monoisotopic (exact) mass is 389 g/mol. The van der Waals surface area contributed by atoms with Crippen LogP contribution in [0, 0.1) is 5.82 Å². The normalized spacial score (nSPS) is 10.7. The summed E-state index contributed by atoms with van der Waals surface area (Å²) in [6.07, 6.45) is 1.61. The second kappa shape index (κ2) is 8.18. The van der Waals surface area contributed by atoms with Crippen molar-refractivity contribution in [3.05, 3.63) is 53.4 Å². The summed E-state index contributed by atoms with van der Waals surface area (Å²) < 4.78 is 23.9. The fourth-order valence-electron chi connectivity index (χ4n) is 2.63. The van der Waals surface area contributed by atoms with Crippen LogP contribution in [0.15, 0.2) is 42.6 Å². The van der Waals surface area contributed by atoms with Crippen LogP contribution in [0.4, 0.5) is 15.8 Å². The van der Waals surface area contributed by atoms with Gasteiger partial charge in [-0.2, -0.15) is 0 Å². The zero-order valence-corrected chi connectivity index (χ0v) is 15.5. The molecule has 0 amide bonds. The van der Waals surface area contributed by atoms with Gasteiger partial charge in [-0.3, -0.25) is 9.78 Å². The third-order valence-electron chi connectivity index (χ3n) is 3.84. The Morgan fingerprint density at radius 2 is 2.07 bits per heavy atom. The van der Waals surface area contributed by atoms with Crippen LogP contribution in [0.25, 0.3) is 11.0 Å². The molecule has 140 valence electrons. The number of hydrogen-bond acceptors (Lipinski definition) is 6. The van der Waals surface area contributed by atoms with Crippen LogP contribution < -0.4 is 9.64 Å². The molecule has 1 aromatic carbocycles. The van der Waals surface area contributed by atoms with Crippen LogP contribution in [-0.2, 0) is 9.53 Å². The second-order valence-corrected chi connectivity index (χ2v) is 5.95. The number of esters is 1. The minimum atomic E-state index is -0.545. The van der Waals surface area contributed by atoms with Crippen molar-refractivity contribution in [3.63, 3.8) is 0 Å². The summed E-state index contributed by atoms with van der Waals surface area (Å²) in [7, 11) is 1.51. The number of fused-ring (bicyclic) bond motifs is 1. The molecule has 0 unspecified atom stereocenters. The molecule has 3 rings (SSSR count). The summed E-state index contributed by atoms with van der Waals surface area (Å²) in [6.45, 7) is 1.87. The van der Waals surface area contributed by atoms with Crippen LogP contribution in [-0.4, -0.2) is 36.2 Å². The van der Waals surface area contributed by atoms with Crippen molar-refractivity contribution in [3.8, 4) is 5.88 Å². The van der Waals surface area contributed by atoms with Gasteiger partial charge in [0, 0.05) is 18.0 Å². The van der Waals surface area contributed by atoms with E-state index in [0.29, 0.717) is 28.3 Å². The minimum Gasteiger partial charge on any atom is -0.481 e. The lowest BCUT2D eigenvalue weighted by molar-refractivity contribution is -0.141. The van der Waals surface area contributed by atoms with Gasteiger partial charge in [-0.1, -0.05) is 11.6 Å². The van der Waals surface area contributed by atoms with E-state index in [4.69, 9.17) is 21.1 Å². The highest BCUT2D eigenvalue weighted by molar-refractivity contribution is 6.31. The maximum Gasteiger partial charge on any atom is 0.325 e. The summed E-state index contributed by atoms with van der Waals surface area (Å²) >= 11 is 5.94. The van der Waals surface area contributed by atoms with Crippen LogP contribution in [0.2, 0.25) is 5.02 Å². The Labute approximate surface area is 160 Å². The lowest BCUT2D eigenvalue weighted by atomic mass is 10.2. The predicted octanol–water partition coefficient (Wildman–Crippen LogP) is 4.13. The standard InChI is InChI=1S/C19H17ClFN3O3/c1-3-27-18(25)11-24(12-4-5-14(21)13(20)10-12)16-8-9-22-15-6-7-17(26-2)23-19(15)16/h4-10H,3,11H2,1-2H3. The van der Waals surface area contributed by atoms with Crippen molar-refractivity contribution in [1.29, 1.82) is 0 Å². The lowest BCUT2D eigenvalue weighted by Gasteiger charge is -2.25. The first-order valence-electron chi connectivity index (χ1n) is 8.21. The first-order chi connectivity index (χ1) is 13.0. The fraction of sp³-hybridized carbons (Fsp3) is 0.211. The van der Waals surface area contributed by atoms with Gasteiger partial charge in [0.05, 0.1) is 29.9 Å². The lowest BCUT2D eigenvalue weighted by Crippen LogP contribution is -2.27. The van der Waals surface area contributed by atoms with E-state index in [9.17, 15) is 9.18 Å². The molecule has 0 aliphatic rings. The maximum atomic E-state index is 13.6. The molecule has 0 saturated heterocycles. The van der Waals surface area contributed by atoms with Crippen LogP contribution in [0.1, 0.15) is 6.92 Å². The number of nitrogens with zero attached hydrogens (tertiary/aromatic N) is 3. The van der Waals surface area contributed by atoms with Crippen molar-refractivity contribution >= 4 is 40.0 Å². The third-order valence-corrected chi connectivity index (χ3v) is 4.13. The number of carbonyl (C=O) groups excluding carboxylic acids is 1. The molecule has 0 aliphatic heterocycles. The Kier molecular flexibility index (Phi) is 5.71. The zero-order valence-electron chi connectivity index (χ0n) is 14.8. The molecule has 0 spiro atoms. The van der Waals surface area contributed by atoms with Gasteiger partial charge in [0.25, 0.3) is 0 Å². The molecular formula is C19H17ClFN3O3. The molecule has 0 bridgehead atoms. The summed E-state index contributed by atoms with van der Waals surface area (Å²) in [5.74, 6) is -0.577. The SMILES string of the molecule is CCOC(=O)CN(c1ccc(F)c(Cl)c1)c1ccnc2ccc(OC)nc12. The molecule has 0 N–H and O–H groups in total.